The van der Waals surface area contributed by atoms with E-state index in [1.807, 2.05) is 17.3 Å². The third kappa shape index (κ3) is 12.0. The second-order valence-electron chi connectivity index (χ2n) is 5.94. The molecule has 3 nitrogen and oxygen atoms in total. The van der Waals surface area contributed by atoms with Crippen molar-refractivity contribution in [2.24, 2.45) is 0 Å². The molecular formula is C10H25ClO3S3Si. The fourth-order valence-electron chi connectivity index (χ4n) is 2.14. The highest BCUT2D eigenvalue weighted by molar-refractivity contribution is 8.09. The van der Waals surface area contributed by atoms with Crippen molar-refractivity contribution < 1.29 is 25.0 Å². The van der Waals surface area contributed by atoms with E-state index < -0.39 is 37.9 Å². The molecule has 0 amide bonds. The van der Waals surface area contributed by atoms with Crippen LogP contribution < -0.4 is 12.4 Å². The highest BCUT2D eigenvalue weighted by Gasteiger charge is 2.31. The van der Waals surface area contributed by atoms with Crippen molar-refractivity contribution in [3.8, 4) is 0 Å². The topological polar surface area (TPSA) is 51.2 Å². The summed E-state index contributed by atoms with van der Waals surface area (Å²) in [6.07, 6.45) is 10.1. The molecule has 0 rings (SSSR count). The maximum atomic E-state index is 12.0. The minimum atomic E-state index is -2.23. The Morgan fingerprint density at radius 3 is 1.28 bits per heavy atom. The summed E-state index contributed by atoms with van der Waals surface area (Å²) in [5, 5.41) is 4.18. The third-order valence-corrected chi connectivity index (χ3v) is 15.9. The van der Waals surface area contributed by atoms with Gasteiger partial charge in [0.05, 0.1) is 40.3 Å². The lowest BCUT2D eigenvalue weighted by Crippen LogP contribution is -3.00. The van der Waals surface area contributed by atoms with Gasteiger partial charge < -0.3 is 12.4 Å². The average molecular weight is 353 g/mol. The monoisotopic (exact) mass is 352 g/mol. The molecular weight excluding hydrogens is 328 g/mol. The highest BCUT2D eigenvalue weighted by atomic mass is 35.5. The van der Waals surface area contributed by atoms with Crippen LogP contribution in [0.15, 0.2) is 0 Å². The summed E-state index contributed by atoms with van der Waals surface area (Å²) >= 11 is 0. The molecule has 0 bridgehead atoms. The van der Waals surface area contributed by atoms with Gasteiger partial charge in [0.1, 0.15) is 12.5 Å². The van der Waals surface area contributed by atoms with Crippen LogP contribution in [0, 0.1) is 10.8 Å². The van der Waals surface area contributed by atoms with Crippen molar-refractivity contribution in [3.63, 3.8) is 0 Å². The second-order valence-corrected chi connectivity index (χ2v) is 20.1. The summed E-state index contributed by atoms with van der Waals surface area (Å²) in [7, 11) is -8.20. The van der Waals surface area contributed by atoms with Crippen molar-refractivity contribution in [2.45, 2.75) is 6.55 Å². The number of hydrogen-bond donors (Lipinski definition) is 0. The molecule has 0 fully saturated rings. The zero-order valence-electron chi connectivity index (χ0n) is 12.2. The van der Waals surface area contributed by atoms with Crippen molar-refractivity contribution in [1.82, 2.24) is 0 Å². The SMILES string of the molecule is C[Si]([CH-][S+](C)(C)=O)([CH-][S+](C)(C)=O)C[S+](C)(C)=O.[Cl-]. The van der Waals surface area contributed by atoms with Crippen LogP contribution in [0.3, 0.4) is 0 Å². The molecule has 18 heavy (non-hydrogen) atoms. The molecule has 0 spiro atoms. The molecule has 0 aliphatic heterocycles. The minimum Gasteiger partial charge on any atom is -1.00 e. The number of hydrogen-bond acceptors (Lipinski definition) is 3. The lowest BCUT2D eigenvalue weighted by Gasteiger charge is -2.40. The van der Waals surface area contributed by atoms with Gasteiger partial charge in [-0.3, -0.25) is 0 Å². The Balaban J connectivity index is 0. The molecule has 0 aromatic rings. The predicted octanol–water partition coefficient (Wildman–Crippen LogP) is -1.71. The van der Waals surface area contributed by atoms with E-state index in [0.717, 1.165) is 0 Å². The van der Waals surface area contributed by atoms with Crippen LogP contribution in [0.5, 0.6) is 0 Å². The molecule has 0 aromatic carbocycles. The van der Waals surface area contributed by atoms with E-state index in [4.69, 9.17) is 0 Å². The van der Waals surface area contributed by atoms with Crippen molar-refractivity contribution in [3.05, 3.63) is 10.8 Å². The smallest absolute Gasteiger partial charge is 0.101 e. The minimum absolute atomic E-state index is 0. The lowest BCUT2D eigenvalue weighted by atomic mass is 11.7. The molecule has 0 aromatic heterocycles. The first-order valence-corrected chi connectivity index (χ1v) is 15.4. The van der Waals surface area contributed by atoms with Crippen molar-refractivity contribution in [1.29, 1.82) is 0 Å². The molecule has 0 radical (unpaired) electrons. The first-order chi connectivity index (χ1) is 7.12. The molecule has 0 aliphatic carbocycles. The van der Waals surface area contributed by atoms with Crippen LogP contribution in [-0.2, 0) is 42.4 Å². The Kier molecular flexibility index (Phi) is 7.80. The molecule has 8 heteroatoms. The van der Waals surface area contributed by atoms with E-state index >= 15 is 0 Å². The van der Waals surface area contributed by atoms with Crippen LogP contribution in [0.25, 0.3) is 0 Å². The van der Waals surface area contributed by atoms with Gasteiger partial charge in [0.25, 0.3) is 0 Å². The average Bonchev–Trinajstić information content (AvgIpc) is 1.65. The molecule has 0 saturated heterocycles. The standard InChI is InChI=1S/C10H25O3S3Si.ClH/c1-14(2,11)8-17(7,9-15(3,4)12)10-16(5,6)13;/h8-9H,10H2,1-7H3;1H/q+1;/p-1. The van der Waals surface area contributed by atoms with Gasteiger partial charge in [-0.1, -0.05) is 27.9 Å². The summed E-state index contributed by atoms with van der Waals surface area (Å²) in [4.78, 5) is 0. The van der Waals surface area contributed by atoms with Gasteiger partial charge in [-0.15, -0.1) is 29.9 Å². The molecule has 0 saturated carbocycles. The number of rotatable bonds is 6. The van der Waals surface area contributed by atoms with E-state index in [1.165, 1.54) is 0 Å². The van der Waals surface area contributed by atoms with Gasteiger partial charge >= 0.3 is 0 Å². The summed E-state index contributed by atoms with van der Waals surface area (Å²) in [6.45, 7) is 1.99. The predicted molar refractivity (Wildman–Crippen MR) is 84.8 cm³/mol. The van der Waals surface area contributed by atoms with Crippen LogP contribution >= 0.6 is 0 Å². The quantitative estimate of drug-likeness (QED) is 0.325. The summed E-state index contributed by atoms with van der Waals surface area (Å²) in [6, 6.07) is 0. The number of halogens is 1. The first-order valence-electron chi connectivity index (χ1n) is 5.14. The lowest BCUT2D eigenvalue weighted by molar-refractivity contribution is -0.00000853. The van der Waals surface area contributed by atoms with Gasteiger partial charge in [0, 0.05) is 0 Å². The fraction of sp³-hybridized carbons (Fsp3) is 0.800. The fourth-order valence-corrected chi connectivity index (χ4v) is 21.0. The molecule has 0 N–H and O–H groups in total. The van der Waals surface area contributed by atoms with E-state index in [2.05, 4.69) is 0 Å². The van der Waals surface area contributed by atoms with Gasteiger partial charge in [-0.2, -0.15) is 0 Å². The Bertz CT molecular complexity index is 347. The summed E-state index contributed by atoms with van der Waals surface area (Å²) in [5.41, 5.74) is 0. The van der Waals surface area contributed by atoms with Crippen LogP contribution in [0.1, 0.15) is 0 Å². The van der Waals surface area contributed by atoms with E-state index in [9.17, 15) is 12.6 Å². The Labute approximate surface area is 123 Å². The van der Waals surface area contributed by atoms with Gasteiger partial charge in [-0.25, -0.2) is 0 Å². The molecule has 0 heterocycles. The van der Waals surface area contributed by atoms with Gasteiger partial charge in [0.2, 0.25) is 0 Å². The van der Waals surface area contributed by atoms with Crippen molar-refractivity contribution in [2.75, 3.05) is 42.9 Å². The first kappa shape index (κ1) is 21.3. The maximum absolute atomic E-state index is 12.0. The largest absolute Gasteiger partial charge is 1.00 e. The normalized spacial score (nSPS) is 14.2. The van der Waals surface area contributed by atoms with Gasteiger partial charge in [0.15, 0.2) is 0 Å². The summed E-state index contributed by atoms with van der Waals surface area (Å²) < 4.78 is 35.9. The molecule has 0 aliphatic rings. The highest BCUT2D eigenvalue weighted by Crippen LogP contribution is 2.25. The van der Waals surface area contributed by atoms with E-state index in [-0.39, 0.29) is 12.4 Å². The van der Waals surface area contributed by atoms with E-state index in [1.54, 1.807) is 37.5 Å². The van der Waals surface area contributed by atoms with Crippen molar-refractivity contribution >= 4 is 37.9 Å². The summed E-state index contributed by atoms with van der Waals surface area (Å²) in [5.74, 6) is 0. The maximum Gasteiger partial charge on any atom is 0.101 e. The van der Waals surface area contributed by atoms with Gasteiger partial charge in [-0.05, 0) is 0 Å². The molecule has 0 unspecified atom stereocenters. The Morgan fingerprint density at radius 1 is 0.833 bits per heavy atom. The Morgan fingerprint density at radius 2 is 1.11 bits per heavy atom. The molecule has 112 valence electrons. The van der Waals surface area contributed by atoms with Crippen LogP contribution in [0.4, 0.5) is 0 Å². The second kappa shape index (κ2) is 6.61. The van der Waals surface area contributed by atoms with E-state index in [0.29, 0.717) is 5.38 Å². The third-order valence-electron chi connectivity index (χ3n) is 1.76. The van der Waals surface area contributed by atoms with Crippen LogP contribution in [-0.4, -0.2) is 51.0 Å². The molecule has 0 atom stereocenters. The Hall–Kier alpha value is 0.957. The zero-order valence-corrected chi connectivity index (χ0v) is 16.4. The zero-order chi connectivity index (χ0) is 14.1. The van der Waals surface area contributed by atoms with Crippen LogP contribution in [0.2, 0.25) is 6.55 Å².